The SMILES string of the molecule is O=C(Nc1cnccc1-c1ccc(F)cc1F)c1ccnc(Cl)n1. The number of carbonyl (C=O) groups is 1. The summed E-state index contributed by atoms with van der Waals surface area (Å²) < 4.78 is 27.1. The van der Waals surface area contributed by atoms with Crippen LogP contribution in [0.15, 0.2) is 48.9 Å². The molecule has 24 heavy (non-hydrogen) atoms. The number of aromatic nitrogens is 3. The van der Waals surface area contributed by atoms with Gasteiger partial charge in [-0.3, -0.25) is 9.78 Å². The van der Waals surface area contributed by atoms with Crippen LogP contribution in [0.3, 0.4) is 0 Å². The lowest BCUT2D eigenvalue weighted by Crippen LogP contribution is -2.15. The topological polar surface area (TPSA) is 67.8 Å². The molecule has 2 aromatic heterocycles. The first kappa shape index (κ1) is 15.9. The van der Waals surface area contributed by atoms with E-state index in [1.807, 2.05) is 0 Å². The molecule has 3 rings (SSSR count). The number of nitrogens with zero attached hydrogens (tertiary/aromatic N) is 3. The second kappa shape index (κ2) is 6.67. The van der Waals surface area contributed by atoms with Crippen LogP contribution in [-0.4, -0.2) is 20.9 Å². The van der Waals surface area contributed by atoms with Crippen molar-refractivity contribution < 1.29 is 13.6 Å². The van der Waals surface area contributed by atoms with Crippen LogP contribution in [0.2, 0.25) is 5.28 Å². The van der Waals surface area contributed by atoms with E-state index in [4.69, 9.17) is 11.6 Å². The second-order valence-corrected chi connectivity index (χ2v) is 5.05. The molecule has 3 aromatic rings. The van der Waals surface area contributed by atoms with Crippen molar-refractivity contribution in [3.8, 4) is 11.1 Å². The van der Waals surface area contributed by atoms with E-state index >= 15 is 0 Å². The number of halogens is 3. The van der Waals surface area contributed by atoms with Crippen LogP contribution in [0.1, 0.15) is 10.5 Å². The van der Waals surface area contributed by atoms with E-state index in [-0.39, 0.29) is 22.2 Å². The van der Waals surface area contributed by atoms with Gasteiger partial charge in [0.15, 0.2) is 0 Å². The van der Waals surface area contributed by atoms with E-state index in [0.29, 0.717) is 5.56 Å². The van der Waals surface area contributed by atoms with E-state index in [2.05, 4.69) is 20.3 Å². The zero-order valence-corrected chi connectivity index (χ0v) is 12.8. The summed E-state index contributed by atoms with van der Waals surface area (Å²) in [6, 6.07) is 6.09. The van der Waals surface area contributed by atoms with Gasteiger partial charge < -0.3 is 5.32 Å². The lowest BCUT2D eigenvalue weighted by Gasteiger charge is -2.11. The van der Waals surface area contributed by atoms with Crippen LogP contribution < -0.4 is 5.32 Å². The average molecular weight is 347 g/mol. The summed E-state index contributed by atoms with van der Waals surface area (Å²) in [6.07, 6.45) is 4.14. The fourth-order valence-corrected chi connectivity index (χ4v) is 2.23. The van der Waals surface area contributed by atoms with Gasteiger partial charge in [0.1, 0.15) is 17.3 Å². The summed E-state index contributed by atoms with van der Waals surface area (Å²) in [5.74, 6) is -2.00. The molecule has 120 valence electrons. The monoisotopic (exact) mass is 346 g/mol. The van der Waals surface area contributed by atoms with Crippen LogP contribution in [0.5, 0.6) is 0 Å². The van der Waals surface area contributed by atoms with Gasteiger partial charge in [0, 0.05) is 29.6 Å². The van der Waals surface area contributed by atoms with Gasteiger partial charge in [0.05, 0.1) is 11.9 Å². The van der Waals surface area contributed by atoms with Crippen molar-refractivity contribution in [1.29, 1.82) is 0 Å². The Hall–Kier alpha value is -2.93. The molecule has 5 nitrogen and oxygen atoms in total. The molecule has 1 aromatic carbocycles. The number of pyridine rings is 1. The summed E-state index contributed by atoms with van der Waals surface area (Å²) in [6.45, 7) is 0. The maximum atomic E-state index is 14.0. The van der Waals surface area contributed by atoms with Crippen molar-refractivity contribution in [2.24, 2.45) is 0 Å². The molecule has 1 N–H and O–H groups in total. The van der Waals surface area contributed by atoms with Gasteiger partial charge >= 0.3 is 0 Å². The molecule has 1 amide bonds. The predicted octanol–water partition coefficient (Wildman–Crippen LogP) is 3.72. The van der Waals surface area contributed by atoms with E-state index in [1.54, 1.807) is 0 Å². The smallest absolute Gasteiger partial charge is 0.274 e. The molecule has 0 bridgehead atoms. The molecule has 8 heteroatoms. The standard InChI is InChI=1S/C16H9ClF2N4O/c17-16-21-6-4-13(23-16)15(24)22-14-8-20-5-3-11(14)10-2-1-9(18)7-12(10)19/h1-8H,(H,22,24). The quantitative estimate of drug-likeness (QED) is 0.734. The Bertz CT molecular complexity index is 920. The molecule has 0 radical (unpaired) electrons. The largest absolute Gasteiger partial charge is 0.319 e. The van der Waals surface area contributed by atoms with Gasteiger partial charge in [-0.05, 0) is 35.9 Å². The number of nitrogens with one attached hydrogen (secondary N) is 1. The molecule has 0 spiro atoms. The van der Waals surface area contributed by atoms with Gasteiger partial charge in [-0.15, -0.1) is 0 Å². The molecular formula is C16H9ClF2N4O. The van der Waals surface area contributed by atoms with Crippen LogP contribution in [0, 0.1) is 11.6 Å². The summed E-state index contributed by atoms with van der Waals surface area (Å²) in [4.78, 5) is 23.6. The fourth-order valence-electron chi connectivity index (χ4n) is 2.08. The van der Waals surface area contributed by atoms with Crippen molar-refractivity contribution in [2.75, 3.05) is 5.32 Å². The van der Waals surface area contributed by atoms with Crippen molar-refractivity contribution in [1.82, 2.24) is 15.0 Å². The van der Waals surface area contributed by atoms with Crippen molar-refractivity contribution in [3.05, 3.63) is 71.5 Å². The Morgan fingerprint density at radius 2 is 1.92 bits per heavy atom. The van der Waals surface area contributed by atoms with Crippen molar-refractivity contribution in [3.63, 3.8) is 0 Å². The minimum absolute atomic E-state index is 0.0457. The van der Waals surface area contributed by atoms with Crippen molar-refractivity contribution >= 4 is 23.2 Å². The minimum atomic E-state index is -0.748. The first-order valence-electron chi connectivity index (χ1n) is 6.74. The van der Waals surface area contributed by atoms with Crippen LogP contribution in [-0.2, 0) is 0 Å². The summed E-state index contributed by atoms with van der Waals surface area (Å²) in [5.41, 5.74) is 0.790. The Balaban J connectivity index is 1.96. The molecule has 0 saturated carbocycles. The number of carbonyl (C=O) groups excluding carboxylic acids is 1. The summed E-state index contributed by atoms with van der Waals surface area (Å²) >= 11 is 5.65. The van der Waals surface area contributed by atoms with E-state index in [1.165, 1.54) is 36.8 Å². The van der Waals surface area contributed by atoms with Gasteiger partial charge in [-0.1, -0.05) is 0 Å². The van der Waals surface area contributed by atoms with Crippen LogP contribution >= 0.6 is 11.6 Å². The molecule has 0 aliphatic heterocycles. The zero-order chi connectivity index (χ0) is 17.1. The summed E-state index contributed by atoms with van der Waals surface area (Å²) in [7, 11) is 0. The van der Waals surface area contributed by atoms with Gasteiger partial charge in [-0.2, -0.15) is 0 Å². The lowest BCUT2D eigenvalue weighted by molar-refractivity contribution is 0.102. The number of benzene rings is 1. The number of hydrogen-bond donors (Lipinski definition) is 1. The molecule has 0 unspecified atom stereocenters. The highest BCUT2D eigenvalue weighted by molar-refractivity contribution is 6.28. The number of rotatable bonds is 3. The van der Waals surface area contributed by atoms with Gasteiger partial charge in [-0.25, -0.2) is 18.7 Å². The third kappa shape index (κ3) is 3.36. The number of amides is 1. The van der Waals surface area contributed by atoms with Crippen LogP contribution in [0.4, 0.5) is 14.5 Å². The molecular weight excluding hydrogens is 338 g/mol. The Morgan fingerprint density at radius 3 is 2.67 bits per heavy atom. The normalized spacial score (nSPS) is 10.5. The highest BCUT2D eigenvalue weighted by Gasteiger charge is 2.15. The summed E-state index contributed by atoms with van der Waals surface area (Å²) in [5, 5.41) is 2.51. The highest BCUT2D eigenvalue weighted by Crippen LogP contribution is 2.29. The Labute approximate surface area is 140 Å². The van der Waals surface area contributed by atoms with E-state index < -0.39 is 17.5 Å². The fraction of sp³-hybridized carbons (Fsp3) is 0. The second-order valence-electron chi connectivity index (χ2n) is 4.71. The van der Waals surface area contributed by atoms with E-state index in [9.17, 15) is 13.6 Å². The van der Waals surface area contributed by atoms with Crippen molar-refractivity contribution in [2.45, 2.75) is 0 Å². The third-order valence-corrected chi connectivity index (χ3v) is 3.33. The van der Waals surface area contributed by atoms with E-state index in [0.717, 1.165) is 12.1 Å². The van der Waals surface area contributed by atoms with Gasteiger partial charge in [0.2, 0.25) is 5.28 Å². The molecule has 0 aliphatic rings. The average Bonchev–Trinajstić information content (AvgIpc) is 2.56. The maximum absolute atomic E-state index is 14.0. The van der Waals surface area contributed by atoms with Gasteiger partial charge in [0.25, 0.3) is 5.91 Å². The molecule has 0 fully saturated rings. The molecule has 0 saturated heterocycles. The molecule has 0 aliphatic carbocycles. The number of hydrogen-bond acceptors (Lipinski definition) is 4. The maximum Gasteiger partial charge on any atom is 0.274 e. The molecule has 2 heterocycles. The zero-order valence-electron chi connectivity index (χ0n) is 12.0. The lowest BCUT2D eigenvalue weighted by atomic mass is 10.0. The third-order valence-electron chi connectivity index (χ3n) is 3.15. The number of anilines is 1. The first-order valence-corrected chi connectivity index (χ1v) is 7.12. The highest BCUT2D eigenvalue weighted by atomic mass is 35.5. The Kier molecular flexibility index (Phi) is 4.43. The predicted molar refractivity (Wildman–Crippen MR) is 84.6 cm³/mol. The Morgan fingerprint density at radius 1 is 1.08 bits per heavy atom. The minimum Gasteiger partial charge on any atom is -0.319 e. The molecule has 0 atom stereocenters. The van der Waals surface area contributed by atoms with Crippen LogP contribution in [0.25, 0.3) is 11.1 Å². The first-order chi connectivity index (χ1) is 11.5.